The van der Waals surface area contributed by atoms with E-state index in [1.807, 2.05) is 13.8 Å². The standard InChI is InChI=1S/C9H18N2O/c1-6(10)5-7(2)11-9(12)8-3-4-8/h6-8H,3-5,10H2,1-2H3,(H,11,12). The van der Waals surface area contributed by atoms with Crippen molar-refractivity contribution in [1.29, 1.82) is 0 Å². The zero-order valence-corrected chi connectivity index (χ0v) is 7.84. The Labute approximate surface area is 73.7 Å². The first-order chi connectivity index (χ1) is 5.59. The van der Waals surface area contributed by atoms with Gasteiger partial charge in [0.2, 0.25) is 5.91 Å². The molecule has 0 aliphatic heterocycles. The summed E-state index contributed by atoms with van der Waals surface area (Å²) >= 11 is 0. The van der Waals surface area contributed by atoms with E-state index in [0.29, 0.717) is 5.92 Å². The van der Waals surface area contributed by atoms with Crippen LogP contribution >= 0.6 is 0 Å². The number of hydrogen-bond donors (Lipinski definition) is 2. The average Bonchev–Trinajstić information content (AvgIpc) is 2.63. The minimum Gasteiger partial charge on any atom is -0.353 e. The predicted molar refractivity (Wildman–Crippen MR) is 48.6 cm³/mol. The van der Waals surface area contributed by atoms with Crippen LogP contribution in [0.5, 0.6) is 0 Å². The van der Waals surface area contributed by atoms with Crippen molar-refractivity contribution in [2.24, 2.45) is 11.7 Å². The molecule has 1 fully saturated rings. The fourth-order valence-electron chi connectivity index (χ4n) is 1.32. The van der Waals surface area contributed by atoms with Gasteiger partial charge >= 0.3 is 0 Å². The van der Waals surface area contributed by atoms with Crippen molar-refractivity contribution in [3.63, 3.8) is 0 Å². The number of hydrogen-bond acceptors (Lipinski definition) is 2. The molecule has 1 amide bonds. The highest BCUT2D eigenvalue weighted by Gasteiger charge is 2.30. The van der Waals surface area contributed by atoms with Gasteiger partial charge in [0.05, 0.1) is 0 Å². The van der Waals surface area contributed by atoms with Crippen LogP contribution in [-0.4, -0.2) is 18.0 Å². The zero-order chi connectivity index (χ0) is 9.14. The molecule has 0 aromatic heterocycles. The number of nitrogens with two attached hydrogens (primary N) is 1. The lowest BCUT2D eigenvalue weighted by molar-refractivity contribution is -0.122. The lowest BCUT2D eigenvalue weighted by Crippen LogP contribution is -2.37. The molecule has 1 aliphatic carbocycles. The Balaban J connectivity index is 2.15. The fraction of sp³-hybridized carbons (Fsp3) is 0.889. The molecule has 0 spiro atoms. The molecule has 3 heteroatoms. The fourth-order valence-corrected chi connectivity index (χ4v) is 1.32. The largest absolute Gasteiger partial charge is 0.353 e. The Morgan fingerprint density at radius 3 is 2.58 bits per heavy atom. The first-order valence-electron chi connectivity index (χ1n) is 4.65. The molecular weight excluding hydrogens is 152 g/mol. The third-order valence-electron chi connectivity index (χ3n) is 2.06. The highest BCUT2D eigenvalue weighted by molar-refractivity contribution is 5.81. The van der Waals surface area contributed by atoms with Crippen molar-refractivity contribution in [3.05, 3.63) is 0 Å². The molecule has 3 N–H and O–H groups in total. The minimum absolute atomic E-state index is 0.166. The first-order valence-corrected chi connectivity index (χ1v) is 4.65. The van der Waals surface area contributed by atoms with Gasteiger partial charge < -0.3 is 11.1 Å². The molecule has 1 rings (SSSR count). The van der Waals surface area contributed by atoms with E-state index in [2.05, 4.69) is 5.32 Å². The van der Waals surface area contributed by atoms with Crippen molar-refractivity contribution in [2.45, 2.75) is 45.2 Å². The smallest absolute Gasteiger partial charge is 0.223 e. The summed E-state index contributed by atoms with van der Waals surface area (Å²) in [5, 5.41) is 2.95. The van der Waals surface area contributed by atoms with Crippen molar-refractivity contribution in [3.8, 4) is 0 Å². The quantitative estimate of drug-likeness (QED) is 0.650. The Hall–Kier alpha value is -0.570. The SMILES string of the molecule is CC(N)CC(C)NC(=O)C1CC1. The van der Waals surface area contributed by atoms with Gasteiger partial charge in [-0.15, -0.1) is 0 Å². The molecule has 0 radical (unpaired) electrons. The maximum absolute atomic E-state index is 11.2. The van der Waals surface area contributed by atoms with Crippen LogP contribution in [0.4, 0.5) is 0 Å². The Morgan fingerprint density at radius 2 is 2.17 bits per heavy atom. The van der Waals surface area contributed by atoms with E-state index >= 15 is 0 Å². The van der Waals surface area contributed by atoms with Crippen LogP contribution in [0.3, 0.4) is 0 Å². The number of rotatable bonds is 4. The van der Waals surface area contributed by atoms with Gasteiger partial charge in [-0.2, -0.15) is 0 Å². The molecule has 1 aliphatic rings. The molecule has 0 aromatic carbocycles. The molecule has 2 atom stereocenters. The van der Waals surface area contributed by atoms with E-state index in [0.717, 1.165) is 19.3 Å². The number of carbonyl (C=O) groups excluding carboxylic acids is 1. The topological polar surface area (TPSA) is 55.1 Å². The highest BCUT2D eigenvalue weighted by Crippen LogP contribution is 2.28. The summed E-state index contributed by atoms with van der Waals surface area (Å²) in [5.41, 5.74) is 5.61. The number of carbonyl (C=O) groups is 1. The van der Waals surface area contributed by atoms with E-state index in [9.17, 15) is 4.79 Å². The van der Waals surface area contributed by atoms with Gasteiger partial charge in [0.25, 0.3) is 0 Å². The summed E-state index contributed by atoms with van der Waals surface area (Å²) in [7, 11) is 0. The normalized spacial score (nSPS) is 21.6. The monoisotopic (exact) mass is 170 g/mol. The van der Waals surface area contributed by atoms with Gasteiger partial charge in [0.15, 0.2) is 0 Å². The molecule has 2 unspecified atom stereocenters. The van der Waals surface area contributed by atoms with Crippen LogP contribution in [0.15, 0.2) is 0 Å². The van der Waals surface area contributed by atoms with Crippen molar-refractivity contribution >= 4 is 5.91 Å². The predicted octanol–water partition coefficient (Wildman–Crippen LogP) is 0.638. The van der Waals surface area contributed by atoms with Gasteiger partial charge in [-0.05, 0) is 33.1 Å². The first kappa shape index (κ1) is 9.52. The Bertz CT molecular complexity index is 164. The van der Waals surface area contributed by atoms with Gasteiger partial charge in [0.1, 0.15) is 0 Å². The maximum atomic E-state index is 11.2. The molecule has 0 heterocycles. The number of nitrogens with one attached hydrogen (secondary N) is 1. The average molecular weight is 170 g/mol. The van der Waals surface area contributed by atoms with Crippen molar-refractivity contribution in [1.82, 2.24) is 5.32 Å². The highest BCUT2D eigenvalue weighted by atomic mass is 16.2. The minimum atomic E-state index is 0.166. The molecule has 0 bridgehead atoms. The van der Waals surface area contributed by atoms with E-state index in [1.165, 1.54) is 0 Å². The van der Waals surface area contributed by atoms with Crippen LogP contribution in [0.2, 0.25) is 0 Å². The van der Waals surface area contributed by atoms with E-state index in [-0.39, 0.29) is 18.0 Å². The molecular formula is C9H18N2O. The molecule has 3 nitrogen and oxygen atoms in total. The summed E-state index contributed by atoms with van der Waals surface area (Å²) in [5.74, 6) is 0.517. The Kier molecular flexibility index (Phi) is 3.09. The second-order valence-electron chi connectivity index (χ2n) is 3.90. The summed E-state index contributed by atoms with van der Waals surface area (Å²) in [4.78, 5) is 11.2. The van der Waals surface area contributed by atoms with E-state index < -0.39 is 0 Å². The maximum Gasteiger partial charge on any atom is 0.223 e. The van der Waals surface area contributed by atoms with E-state index in [4.69, 9.17) is 5.73 Å². The summed E-state index contributed by atoms with van der Waals surface area (Å²) in [6.07, 6.45) is 2.99. The van der Waals surface area contributed by atoms with Gasteiger partial charge in [-0.25, -0.2) is 0 Å². The van der Waals surface area contributed by atoms with E-state index in [1.54, 1.807) is 0 Å². The van der Waals surface area contributed by atoms with Gasteiger partial charge in [-0.1, -0.05) is 0 Å². The Morgan fingerprint density at radius 1 is 1.58 bits per heavy atom. The van der Waals surface area contributed by atoms with Crippen LogP contribution in [0.1, 0.15) is 33.1 Å². The van der Waals surface area contributed by atoms with Crippen LogP contribution in [-0.2, 0) is 4.79 Å². The molecule has 1 saturated carbocycles. The molecule has 0 saturated heterocycles. The molecule has 12 heavy (non-hydrogen) atoms. The third kappa shape index (κ3) is 3.22. The van der Waals surface area contributed by atoms with Crippen molar-refractivity contribution < 1.29 is 4.79 Å². The van der Waals surface area contributed by atoms with Gasteiger partial charge in [0, 0.05) is 18.0 Å². The van der Waals surface area contributed by atoms with Crippen LogP contribution in [0.25, 0.3) is 0 Å². The lowest BCUT2D eigenvalue weighted by Gasteiger charge is -2.15. The molecule has 0 aromatic rings. The van der Waals surface area contributed by atoms with Crippen molar-refractivity contribution in [2.75, 3.05) is 0 Å². The van der Waals surface area contributed by atoms with Crippen LogP contribution < -0.4 is 11.1 Å². The second-order valence-corrected chi connectivity index (χ2v) is 3.90. The summed E-state index contributed by atoms with van der Waals surface area (Å²) in [6.45, 7) is 3.96. The zero-order valence-electron chi connectivity index (χ0n) is 7.84. The van der Waals surface area contributed by atoms with Crippen LogP contribution in [0, 0.1) is 5.92 Å². The summed E-state index contributed by atoms with van der Waals surface area (Å²) < 4.78 is 0. The summed E-state index contributed by atoms with van der Waals surface area (Å²) in [6, 6.07) is 0.387. The lowest BCUT2D eigenvalue weighted by atomic mass is 10.1. The van der Waals surface area contributed by atoms with Gasteiger partial charge in [-0.3, -0.25) is 4.79 Å². The number of amides is 1. The third-order valence-corrected chi connectivity index (χ3v) is 2.06. The second kappa shape index (κ2) is 3.90. The molecule has 70 valence electrons.